The Bertz CT molecular complexity index is 2100. The molecule has 4 nitrogen and oxygen atoms in total. The summed E-state index contributed by atoms with van der Waals surface area (Å²) in [5, 5.41) is 2.03. The van der Waals surface area contributed by atoms with Crippen molar-refractivity contribution in [1.82, 2.24) is 15.0 Å². The number of aromatic nitrogens is 3. The molecule has 0 saturated carbocycles. The first-order valence-electron chi connectivity index (χ1n) is 15.9. The number of nitrogens with zero attached hydrogens (tertiary/aromatic N) is 3. The summed E-state index contributed by atoms with van der Waals surface area (Å²) in [6, 6.07) is 39.1. The minimum Gasteiger partial charge on any atom is -0.486 e. The summed E-state index contributed by atoms with van der Waals surface area (Å²) < 4.78 is 7.51. The van der Waals surface area contributed by atoms with Crippen LogP contribution in [0, 0.1) is 25.0 Å². The number of benzene rings is 3. The number of aryl methyl sites for hydroxylation is 1. The van der Waals surface area contributed by atoms with Crippen molar-refractivity contribution in [3.63, 3.8) is 0 Å². The molecule has 0 atom stereocenters. The van der Waals surface area contributed by atoms with Crippen LogP contribution in [-0.4, -0.2) is 28.2 Å². The van der Waals surface area contributed by atoms with E-state index in [0.717, 1.165) is 56.5 Å². The van der Waals surface area contributed by atoms with Crippen molar-refractivity contribution >= 4 is 39.7 Å². The Balaban J connectivity index is 0.000000188. The molecule has 4 aromatic heterocycles. The van der Waals surface area contributed by atoms with Crippen molar-refractivity contribution in [2.24, 2.45) is 5.92 Å². The monoisotopic (exact) mass is 856 g/mol. The predicted octanol–water partition coefficient (Wildman–Crippen LogP) is 10.1. The fourth-order valence-corrected chi connectivity index (χ4v) is 9.02. The molecule has 0 aliphatic heterocycles. The second kappa shape index (κ2) is 14.9. The van der Waals surface area contributed by atoms with E-state index < -0.39 is 13.3 Å². The number of fused-ring (bicyclic) bond motifs is 3. The van der Waals surface area contributed by atoms with Gasteiger partial charge in [-0.2, -0.15) is 0 Å². The normalized spacial score (nSPS) is 11.3. The molecule has 0 N–H and O–H groups in total. The van der Waals surface area contributed by atoms with Crippen LogP contribution in [0.15, 0.2) is 114 Å². The standard InChI is InChI=1S/C23H15N2O.C18H24GeN.Ir/c1-15-11-12-24-21(13-15)17-7-10-22-19(14-17)18-8-9-20(25-23(18)26-22)16-5-3-2-4-6-16;1-14(2)11-16-12-18(15-9-7-6-8-10-15)20-13-17(16)19(3,4)5;/h2-6,8-14H,1H3;6-9,12-14H,11H2,1-5H3;/q2*-1;. The number of hydrogen-bond donors (Lipinski definition) is 0. The Morgan fingerprint density at radius 2 is 1.53 bits per heavy atom. The molecule has 0 aliphatic rings. The molecule has 1 radical (unpaired) electrons. The first-order chi connectivity index (χ1) is 22.2. The van der Waals surface area contributed by atoms with Crippen LogP contribution in [0.2, 0.25) is 17.3 Å². The van der Waals surface area contributed by atoms with Crippen LogP contribution in [-0.2, 0) is 26.5 Å². The van der Waals surface area contributed by atoms with E-state index in [4.69, 9.17) is 14.4 Å². The average molecular weight is 855 g/mol. The third kappa shape index (κ3) is 8.16. The molecular formula is C41H39GeIrN3O-2. The molecule has 0 aliphatic carbocycles. The van der Waals surface area contributed by atoms with Crippen molar-refractivity contribution in [3.8, 4) is 33.8 Å². The van der Waals surface area contributed by atoms with Gasteiger partial charge in [-0.15, -0.1) is 23.8 Å². The maximum absolute atomic E-state index is 5.97. The second-order valence-electron chi connectivity index (χ2n) is 13.2. The summed E-state index contributed by atoms with van der Waals surface area (Å²) in [4.78, 5) is 13.9. The van der Waals surface area contributed by atoms with Crippen LogP contribution in [0.3, 0.4) is 0 Å². The third-order valence-corrected chi connectivity index (χ3v) is 12.3. The van der Waals surface area contributed by atoms with Crippen LogP contribution < -0.4 is 4.40 Å². The van der Waals surface area contributed by atoms with Gasteiger partial charge in [-0.1, -0.05) is 47.3 Å². The molecular weight excluding hydrogens is 815 g/mol. The first kappa shape index (κ1) is 34.4. The third-order valence-electron chi connectivity index (χ3n) is 7.94. The molecule has 4 heterocycles. The van der Waals surface area contributed by atoms with Gasteiger partial charge in [0.1, 0.15) is 0 Å². The summed E-state index contributed by atoms with van der Waals surface area (Å²) in [5.41, 5.74) is 10.1. The summed E-state index contributed by atoms with van der Waals surface area (Å²) in [7, 11) is 0. The molecule has 7 aromatic rings. The maximum atomic E-state index is 5.97. The van der Waals surface area contributed by atoms with Gasteiger partial charge in [0.2, 0.25) is 5.71 Å². The quantitative estimate of drug-likeness (QED) is 0.124. The van der Waals surface area contributed by atoms with E-state index in [1.807, 2.05) is 72.9 Å². The zero-order valence-electron chi connectivity index (χ0n) is 27.8. The number of furan rings is 1. The van der Waals surface area contributed by atoms with Gasteiger partial charge in [0.25, 0.3) is 0 Å². The Hall–Kier alpha value is -3.90. The van der Waals surface area contributed by atoms with Gasteiger partial charge in [0.15, 0.2) is 0 Å². The van der Waals surface area contributed by atoms with E-state index in [1.54, 1.807) is 4.40 Å². The maximum Gasteiger partial charge on any atom is 0.216 e. The Labute approximate surface area is 294 Å². The molecule has 0 bridgehead atoms. The molecule has 6 heteroatoms. The fraction of sp³-hybridized carbons (Fsp3) is 0.195. The zero-order valence-corrected chi connectivity index (χ0v) is 32.3. The minimum absolute atomic E-state index is 0. The molecule has 47 heavy (non-hydrogen) atoms. The van der Waals surface area contributed by atoms with Gasteiger partial charge in [0.05, 0.1) is 11.3 Å². The van der Waals surface area contributed by atoms with Crippen molar-refractivity contribution < 1.29 is 24.5 Å². The van der Waals surface area contributed by atoms with Crippen LogP contribution in [0.1, 0.15) is 25.0 Å². The molecule has 0 unspecified atom stereocenters. The number of rotatable bonds is 6. The molecule has 0 saturated heterocycles. The van der Waals surface area contributed by atoms with E-state index in [2.05, 4.69) is 91.7 Å². The summed E-state index contributed by atoms with van der Waals surface area (Å²) in [6.07, 6.45) is 5.10. The minimum atomic E-state index is -1.86. The van der Waals surface area contributed by atoms with E-state index >= 15 is 0 Å². The van der Waals surface area contributed by atoms with Gasteiger partial charge in [-0.3, -0.25) is 0 Å². The Morgan fingerprint density at radius 3 is 2.23 bits per heavy atom. The van der Waals surface area contributed by atoms with Gasteiger partial charge in [0, 0.05) is 37.3 Å². The van der Waals surface area contributed by atoms with Crippen LogP contribution in [0.4, 0.5) is 0 Å². The average Bonchev–Trinajstić information content (AvgIpc) is 3.42. The SMILES string of the molecule is CC(C)Cc1cc(-c2[c-]cccc2)nc[c]1[Ge]([CH3])([CH3])[CH3].Cc1ccnc(-c2[c-]cc3oc4nc(-c5ccccc5)ccc4c3c2)c1.[Ir]. The van der Waals surface area contributed by atoms with Crippen LogP contribution >= 0.6 is 0 Å². The number of hydrogen-bond acceptors (Lipinski definition) is 4. The second-order valence-corrected chi connectivity index (χ2v) is 23.8. The number of pyridine rings is 3. The van der Waals surface area contributed by atoms with E-state index in [1.165, 1.54) is 11.1 Å². The molecule has 0 fully saturated rings. The molecule has 0 amide bonds. The molecule has 3 aromatic carbocycles. The molecule has 239 valence electrons. The zero-order chi connectivity index (χ0) is 32.3. The summed E-state index contributed by atoms with van der Waals surface area (Å²) in [6.45, 7) is 6.63. The van der Waals surface area contributed by atoms with Crippen molar-refractivity contribution in [1.29, 1.82) is 0 Å². The van der Waals surface area contributed by atoms with Crippen LogP contribution in [0.25, 0.3) is 55.8 Å². The van der Waals surface area contributed by atoms with Gasteiger partial charge in [-0.25, -0.2) is 4.98 Å². The van der Waals surface area contributed by atoms with E-state index in [-0.39, 0.29) is 20.1 Å². The van der Waals surface area contributed by atoms with Crippen LogP contribution in [0.5, 0.6) is 0 Å². The Kier molecular flexibility index (Phi) is 10.9. The fourth-order valence-electron chi connectivity index (χ4n) is 5.68. The van der Waals surface area contributed by atoms with Gasteiger partial charge < -0.3 is 9.40 Å². The van der Waals surface area contributed by atoms with Crippen molar-refractivity contribution in [2.45, 2.75) is 44.5 Å². The van der Waals surface area contributed by atoms with E-state index in [9.17, 15) is 0 Å². The Morgan fingerprint density at radius 1 is 0.766 bits per heavy atom. The van der Waals surface area contributed by atoms with Crippen molar-refractivity contribution in [3.05, 3.63) is 133 Å². The largest absolute Gasteiger partial charge is 0.486 e. The first-order valence-corrected chi connectivity index (χ1v) is 23.2. The van der Waals surface area contributed by atoms with Crippen molar-refractivity contribution in [2.75, 3.05) is 0 Å². The molecule has 0 spiro atoms. The summed E-state index contributed by atoms with van der Waals surface area (Å²) in [5.74, 6) is 7.99. The predicted molar refractivity (Wildman–Crippen MR) is 194 cm³/mol. The molecule has 7 rings (SSSR count). The summed E-state index contributed by atoms with van der Waals surface area (Å²) >= 11 is -1.86. The topological polar surface area (TPSA) is 51.8 Å². The van der Waals surface area contributed by atoms with E-state index in [0.29, 0.717) is 11.6 Å². The van der Waals surface area contributed by atoms with Gasteiger partial charge in [-0.05, 0) is 30.8 Å². The van der Waals surface area contributed by atoms with Gasteiger partial charge >= 0.3 is 126 Å². The smallest absolute Gasteiger partial charge is 0.216 e.